The Balaban J connectivity index is 1.45. The number of fused-ring (bicyclic) bond motifs is 1. The van der Waals surface area contributed by atoms with E-state index in [0.29, 0.717) is 17.1 Å². The molecule has 0 atom stereocenters. The van der Waals surface area contributed by atoms with Crippen molar-refractivity contribution in [3.63, 3.8) is 0 Å². The molecule has 0 radical (unpaired) electrons. The lowest BCUT2D eigenvalue weighted by Crippen LogP contribution is -2.17. The summed E-state index contributed by atoms with van der Waals surface area (Å²) in [5.41, 5.74) is 9.06. The number of rotatable bonds is 6. The van der Waals surface area contributed by atoms with E-state index in [1.165, 1.54) is 17.0 Å². The van der Waals surface area contributed by atoms with Gasteiger partial charge >= 0.3 is 0 Å². The molecule has 2 amide bonds. The van der Waals surface area contributed by atoms with Crippen molar-refractivity contribution in [2.75, 3.05) is 5.32 Å². The van der Waals surface area contributed by atoms with E-state index in [0.717, 1.165) is 17.5 Å². The van der Waals surface area contributed by atoms with E-state index in [1.807, 2.05) is 36.4 Å². The van der Waals surface area contributed by atoms with Crippen LogP contribution in [0.5, 0.6) is 0 Å². The summed E-state index contributed by atoms with van der Waals surface area (Å²) < 4.78 is 6.85. The van der Waals surface area contributed by atoms with Crippen molar-refractivity contribution in [3.05, 3.63) is 102 Å². The van der Waals surface area contributed by atoms with E-state index < -0.39 is 11.8 Å². The maximum Gasteiger partial charge on any atom is 0.272 e. The predicted molar refractivity (Wildman–Crippen MR) is 121 cm³/mol. The number of nitrogens with two attached hydrogens (primary N) is 1. The third-order valence-electron chi connectivity index (χ3n) is 5.11. The largest absolute Gasteiger partial charge is 0.463 e. The summed E-state index contributed by atoms with van der Waals surface area (Å²) in [4.78, 5) is 37.4. The van der Waals surface area contributed by atoms with Gasteiger partial charge in [0.15, 0.2) is 17.1 Å². The number of primary amides is 1. The topological polar surface area (TPSA) is 128 Å². The van der Waals surface area contributed by atoms with Crippen molar-refractivity contribution < 1.29 is 14.0 Å². The van der Waals surface area contributed by atoms with E-state index in [-0.39, 0.29) is 17.0 Å². The molecule has 33 heavy (non-hydrogen) atoms. The molecule has 5 rings (SSSR count). The number of hydrogen-bond donors (Lipinski definition) is 2. The summed E-state index contributed by atoms with van der Waals surface area (Å²) >= 11 is 0. The van der Waals surface area contributed by atoms with Crippen LogP contribution >= 0.6 is 0 Å². The molecule has 1 aromatic carbocycles. The Morgan fingerprint density at radius 1 is 1.03 bits per heavy atom. The van der Waals surface area contributed by atoms with Gasteiger partial charge in [-0.05, 0) is 60.0 Å². The highest BCUT2D eigenvalue weighted by Crippen LogP contribution is 2.23. The predicted octanol–water partition coefficient (Wildman–Crippen LogP) is 3.33. The van der Waals surface area contributed by atoms with Crippen LogP contribution in [0.2, 0.25) is 0 Å². The zero-order valence-electron chi connectivity index (χ0n) is 17.3. The van der Waals surface area contributed by atoms with Crippen molar-refractivity contribution in [1.82, 2.24) is 19.4 Å². The smallest absolute Gasteiger partial charge is 0.272 e. The third kappa shape index (κ3) is 4.07. The van der Waals surface area contributed by atoms with E-state index >= 15 is 0 Å². The van der Waals surface area contributed by atoms with Crippen molar-refractivity contribution in [2.45, 2.75) is 6.42 Å². The highest BCUT2D eigenvalue weighted by atomic mass is 16.3. The maximum absolute atomic E-state index is 13.2. The number of carbonyl (C=O) groups is 2. The zero-order valence-corrected chi connectivity index (χ0v) is 17.3. The molecule has 162 valence electrons. The second-order valence-corrected chi connectivity index (χ2v) is 7.34. The number of aromatic nitrogens is 4. The number of pyridine rings is 1. The fourth-order valence-electron chi connectivity index (χ4n) is 3.51. The first-order valence-electron chi connectivity index (χ1n) is 10.1. The van der Waals surface area contributed by atoms with E-state index in [1.54, 1.807) is 30.6 Å². The summed E-state index contributed by atoms with van der Waals surface area (Å²) in [6.45, 7) is 0. The van der Waals surface area contributed by atoms with Crippen molar-refractivity contribution >= 4 is 23.1 Å². The van der Waals surface area contributed by atoms with Gasteiger partial charge in [0.1, 0.15) is 17.7 Å². The molecule has 4 heterocycles. The molecule has 0 aliphatic heterocycles. The number of anilines is 1. The van der Waals surface area contributed by atoms with Crippen LogP contribution in [-0.2, 0) is 6.42 Å². The van der Waals surface area contributed by atoms with Crippen molar-refractivity contribution in [1.29, 1.82) is 0 Å². The van der Waals surface area contributed by atoms with Gasteiger partial charge in [-0.2, -0.15) is 0 Å². The van der Waals surface area contributed by atoms with Gasteiger partial charge in [0, 0.05) is 18.1 Å². The molecule has 0 unspecified atom stereocenters. The Bertz CT molecular complexity index is 1440. The molecule has 9 heteroatoms. The maximum atomic E-state index is 13.2. The highest BCUT2D eigenvalue weighted by Gasteiger charge is 2.20. The first kappa shape index (κ1) is 20.1. The molecule has 0 saturated carbocycles. The van der Waals surface area contributed by atoms with Crippen LogP contribution in [0.4, 0.5) is 5.69 Å². The highest BCUT2D eigenvalue weighted by molar-refractivity contribution is 6.05. The molecule has 4 aromatic heterocycles. The normalized spacial score (nSPS) is 10.9. The molecule has 0 fully saturated rings. The van der Waals surface area contributed by atoms with Crippen LogP contribution in [0, 0.1) is 0 Å². The van der Waals surface area contributed by atoms with Gasteiger partial charge in [0.2, 0.25) is 0 Å². The fourth-order valence-corrected chi connectivity index (χ4v) is 3.51. The Labute approximate surface area is 187 Å². The molecule has 5 aromatic rings. The Hall–Kier alpha value is -4.79. The molecule has 0 spiro atoms. The first-order chi connectivity index (χ1) is 16.1. The molecule has 0 aliphatic rings. The van der Waals surface area contributed by atoms with E-state index in [4.69, 9.17) is 10.2 Å². The molecule has 0 aliphatic carbocycles. The number of nitrogens with zero attached hydrogens (tertiary/aromatic N) is 4. The minimum absolute atomic E-state index is 0.0297. The summed E-state index contributed by atoms with van der Waals surface area (Å²) in [5.74, 6) is -0.688. The van der Waals surface area contributed by atoms with Gasteiger partial charge < -0.3 is 15.5 Å². The number of furan rings is 1. The Kier molecular flexibility index (Phi) is 5.12. The number of benzene rings is 1. The van der Waals surface area contributed by atoms with Crippen LogP contribution < -0.4 is 11.1 Å². The first-order valence-corrected chi connectivity index (χ1v) is 10.1. The van der Waals surface area contributed by atoms with Crippen LogP contribution in [0.1, 0.15) is 32.1 Å². The van der Waals surface area contributed by atoms with E-state index in [2.05, 4.69) is 20.3 Å². The van der Waals surface area contributed by atoms with Gasteiger partial charge in [-0.15, -0.1) is 0 Å². The van der Waals surface area contributed by atoms with Gasteiger partial charge in [-0.3, -0.25) is 19.0 Å². The number of carbonyl (C=O) groups excluding carboxylic acids is 2. The van der Waals surface area contributed by atoms with Crippen LogP contribution in [-0.4, -0.2) is 31.2 Å². The van der Waals surface area contributed by atoms with Crippen molar-refractivity contribution in [3.8, 4) is 11.5 Å². The molecule has 3 N–H and O–H groups in total. The summed E-state index contributed by atoms with van der Waals surface area (Å²) in [6, 6.07) is 16.5. The monoisotopic (exact) mass is 438 g/mol. The van der Waals surface area contributed by atoms with Gasteiger partial charge in [-0.1, -0.05) is 12.1 Å². The van der Waals surface area contributed by atoms with Crippen LogP contribution in [0.25, 0.3) is 17.1 Å². The molecule has 0 saturated heterocycles. The van der Waals surface area contributed by atoms with Crippen LogP contribution in [0.15, 0.2) is 84.0 Å². The second-order valence-electron chi connectivity index (χ2n) is 7.34. The molecule has 9 nitrogen and oxygen atoms in total. The van der Waals surface area contributed by atoms with Crippen molar-refractivity contribution in [2.24, 2.45) is 5.73 Å². The van der Waals surface area contributed by atoms with Crippen LogP contribution in [0.3, 0.4) is 0 Å². The second kappa shape index (κ2) is 8.39. The van der Waals surface area contributed by atoms with E-state index in [9.17, 15) is 9.59 Å². The summed E-state index contributed by atoms with van der Waals surface area (Å²) in [7, 11) is 0. The zero-order chi connectivity index (χ0) is 22.8. The quantitative estimate of drug-likeness (QED) is 0.418. The lowest BCUT2D eigenvalue weighted by atomic mass is 10.1. The lowest BCUT2D eigenvalue weighted by molar-refractivity contribution is 0.0993. The molecular weight excluding hydrogens is 420 g/mol. The minimum Gasteiger partial charge on any atom is -0.463 e. The molecular formula is C24H18N6O3. The lowest BCUT2D eigenvalue weighted by Gasteiger charge is -2.10. The average molecular weight is 438 g/mol. The standard InChI is InChI=1S/C24H18N6O3/c25-22(31)21-23-29-18(20-2-1-11-33-20)13-19(30(23)14-27-21)24(32)28-17-5-3-15(4-6-17)12-16-7-9-26-10-8-16/h1-11,13-14H,12H2,(H2,25,31)(H,28,32). The number of nitrogens with one attached hydrogen (secondary N) is 1. The Morgan fingerprint density at radius 2 is 1.79 bits per heavy atom. The van der Waals surface area contributed by atoms with Gasteiger partial charge in [-0.25, -0.2) is 9.97 Å². The molecule has 0 bridgehead atoms. The van der Waals surface area contributed by atoms with Gasteiger partial charge in [0.25, 0.3) is 11.8 Å². The number of amides is 2. The summed E-state index contributed by atoms with van der Waals surface area (Å²) in [6.07, 6.45) is 7.13. The number of hydrogen-bond acceptors (Lipinski definition) is 6. The van der Waals surface area contributed by atoms with Gasteiger partial charge in [0.05, 0.1) is 6.26 Å². The number of imidazole rings is 1. The Morgan fingerprint density at radius 3 is 2.48 bits per heavy atom. The minimum atomic E-state index is -0.738. The average Bonchev–Trinajstić information content (AvgIpc) is 3.50. The SMILES string of the molecule is NC(=O)c1ncn2c(C(=O)Nc3ccc(Cc4ccncc4)cc3)cc(-c3ccco3)nc12. The summed E-state index contributed by atoms with van der Waals surface area (Å²) in [5, 5.41) is 2.88. The fraction of sp³-hybridized carbons (Fsp3) is 0.0417. The third-order valence-corrected chi connectivity index (χ3v) is 5.11.